The van der Waals surface area contributed by atoms with E-state index in [0.717, 1.165) is 17.6 Å². The second-order valence-electron chi connectivity index (χ2n) is 4.65. The van der Waals surface area contributed by atoms with E-state index >= 15 is 0 Å². The number of ether oxygens (including phenoxy) is 1. The fourth-order valence-corrected chi connectivity index (χ4v) is 1.96. The third-order valence-electron chi connectivity index (χ3n) is 2.94. The predicted octanol–water partition coefficient (Wildman–Crippen LogP) is 2.60. The van der Waals surface area contributed by atoms with Gasteiger partial charge >= 0.3 is 5.97 Å². The number of aliphatic hydroxyl groups excluding tert-OH is 1. The first kappa shape index (κ1) is 14.0. The maximum absolute atomic E-state index is 11.4. The van der Waals surface area contributed by atoms with Gasteiger partial charge in [0.05, 0.1) is 12.7 Å². The molecule has 0 aromatic carbocycles. The van der Waals surface area contributed by atoms with Gasteiger partial charge in [-0.15, -0.1) is 0 Å². The Balaban J connectivity index is 2.43. The highest BCUT2D eigenvalue weighted by molar-refractivity contribution is 5.69. The molecule has 1 aliphatic rings. The maximum Gasteiger partial charge on any atom is 0.306 e. The highest BCUT2D eigenvalue weighted by Crippen LogP contribution is 2.25. The number of rotatable bonds is 5. The van der Waals surface area contributed by atoms with E-state index in [1.54, 1.807) is 0 Å². The van der Waals surface area contributed by atoms with Crippen molar-refractivity contribution in [3.05, 3.63) is 23.3 Å². The summed E-state index contributed by atoms with van der Waals surface area (Å²) in [6.07, 6.45) is 5.58. The Kier molecular flexibility index (Phi) is 5.42. The monoisotopic (exact) mass is 238 g/mol. The lowest BCUT2D eigenvalue weighted by Gasteiger charge is -2.22. The Hall–Kier alpha value is -1.09. The molecule has 0 saturated carbocycles. The highest BCUT2D eigenvalue weighted by Gasteiger charge is 2.19. The lowest BCUT2D eigenvalue weighted by molar-refractivity contribution is -0.143. The van der Waals surface area contributed by atoms with Gasteiger partial charge in [0, 0.05) is 12.3 Å². The summed E-state index contributed by atoms with van der Waals surface area (Å²) in [6, 6.07) is 0. The zero-order valence-corrected chi connectivity index (χ0v) is 10.9. The number of hydrogen-bond acceptors (Lipinski definition) is 3. The minimum atomic E-state index is -0.384. The molecule has 0 saturated heterocycles. The van der Waals surface area contributed by atoms with Gasteiger partial charge < -0.3 is 9.84 Å². The summed E-state index contributed by atoms with van der Waals surface area (Å²) in [6.45, 7) is 6.38. The van der Waals surface area contributed by atoms with Crippen LogP contribution in [-0.2, 0) is 9.53 Å². The molecule has 0 fully saturated rings. The minimum Gasteiger partial charge on any atom is -0.466 e. The van der Waals surface area contributed by atoms with Gasteiger partial charge in [-0.25, -0.2) is 0 Å². The van der Waals surface area contributed by atoms with Gasteiger partial charge in [0.15, 0.2) is 0 Å². The van der Waals surface area contributed by atoms with E-state index in [-0.39, 0.29) is 18.0 Å². The van der Waals surface area contributed by atoms with Crippen LogP contribution in [0.2, 0.25) is 0 Å². The van der Waals surface area contributed by atoms with Gasteiger partial charge in [-0.3, -0.25) is 4.79 Å². The largest absolute Gasteiger partial charge is 0.466 e. The van der Waals surface area contributed by atoms with E-state index in [2.05, 4.69) is 0 Å². The maximum atomic E-state index is 11.4. The Morgan fingerprint density at radius 2 is 2.24 bits per heavy atom. The number of carbonyl (C=O) groups is 1. The molecule has 0 amide bonds. The topological polar surface area (TPSA) is 46.5 Å². The number of esters is 1. The molecule has 0 spiro atoms. The van der Waals surface area contributed by atoms with Crippen LogP contribution in [0.25, 0.3) is 0 Å². The van der Waals surface area contributed by atoms with Gasteiger partial charge in [-0.1, -0.05) is 31.6 Å². The van der Waals surface area contributed by atoms with Gasteiger partial charge in [-0.05, 0) is 25.3 Å². The molecule has 0 heterocycles. The van der Waals surface area contributed by atoms with E-state index in [1.165, 1.54) is 0 Å². The van der Waals surface area contributed by atoms with Gasteiger partial charge in [0.1, 0.15) is 0 Å². The number of hydrogen-bond donors (Lipinski definition) is 1. The summed E-state index contributed by atoms with van der Waals surface area (Å²) in [5.41, 5.74) is 2.09. The van der Waals surface area contributed by atoms with E-state index < -0.39 is 0 Å². The van der Waals surface area contributed by atoms with Crippen molar-refractivity contribution in [1.29, 1.82) is 0 Å². The molecule has 0 aliphatic heterocycles. The summed E-state index contributed by atoms with van der Waals surface area (Å²) in [4.78, 5) is 11.4. The number of carbonyl (C=O) groups excluding carboxylic acids is 1. The second kappa shape index (κ2) is 6.60. The van der Waals surface area contributed by atoms with E-state index in [0.29, 0.717) is 19.4 Å². The SMILES string of the molecule is CCCOC(=O)CCC1=CC(C)C(O)C(C)=C1. The smallest absolute Gasteiger partial charge is 0.306 e. The zero-order chi connectivity index (χ0) is 12.8. The molecule has 2 unspecified atom stereocenters. The molecule has 1 rings (SSSR count). The summed E-state index contributed by atoms with van der Waals surface area (Å²) in [5.74, 6) is -0.0146. The molecule has 3 nitrogen and oxygen atoms in total. The van der Waals surface area contributed by atoms with Crippen molar-refractivity contribution in [2.24, 2.45) is 5.92 Å². The molecule has 3 heteroatoms. The third-order valence-corrected chi connectivity index (χ3v) is 2.94. The van der Waals surface area contributed by atoms with Crippen LogP contribution < -0.4 is 0 Å². The van der Waals surface area contributed by atoms with Crippen LogP contribution in [-0.4, -0.2) is 23.8 Å². The highest BCUT2D eigenvalue weighted by atomic mass is 16.5. The first-order valence-electron chi connectivity index (χ1n) is 6.27. The zero-order valence-electron chi connectivity index (χ0n) is 10.9. The number of allylic oxidation sites excluding steroid dienone is 2. The van der Waals surface area contributed by atoms with Crippen molar-refractivity contribution in [1.82, 2.24) is 0 Å². The average molecular weight is 238 g/mol. The summed E-state index contributed by atoms with van der Waals surface area (Å²) in [5, 5.41) is 9.75. The lowest BCUT2D eigenvalue weighted by Crippen LogP contribution is -2.20. The van der Waals surface area contributed by atoms with Crippen molar-refractivity contribution in [2.75, 3.05) is 6.61 Å². The molecular weight excluding hydrogens is 216 g/mol. The molecule has 96 valence electrons. The lowest BCUT2D eigenvalue weighted by atomic mass is 9.88. The Morgan fingerprint density at radius 1 is 1.53 bits per heavy atom. The molecule has 0 radical (unpaired) electrons. The molecule has 0 aromatic heterocycles. The van der Waals surface area contributed by atoms with E-state index in [4.69, 9.17) is 4.74 Å². The Morgan fingerprint density at radius 3 is 2.82 bits per heavy atom. The molecule has 0 aromatic rings. The molecular formula is C14H22O3. The molecule has 0 bridgehead atoms. The van der Waals surface area contributed by atoms with Crippen molar-refractivity contribution >= 4 is 5.97 Å². The van der Waals surface area contributed by atoms with Crippen molar-refractivity contribution in [3.63, 3.8) is 0 Å². The van der Waals surface area contributed by atoms with Crippen molar-refractivity contribution in [2.45, 2.75) is 46.1 Å². The van der Waals surface area contributed by atoms with E-state index in [1.807, 2.05) is 32.9 Å². The van der Waals surface area contributed by atoms with E-state index in [9.17, 15) is 9.90 Å². The molecule has 1 N–H and O–H groups in total. The third kappa shape index (κ3) is 4.35. The van der Waals surface area contributed by atoms with Gasteiger partial charge in [-0.2, -0.15) is 0 Å². The summed E-state index contributed by atoms with van der Waals surface area (Å²) in [7, 11) is 0. The van der Waals surface area contributed by atoms with Crippen LogP contribution >= 0.6 is 0 Å². The van der Waals surface area contributed by atoms with Crippen LogP contribution in [0.1, 0.15) is 40.0 Å². The van der Waals surface area contributed by atoms with Crippen molar-refractivity contribution in [3.8, 4) is 0 Å². The Labute approximate surface area is 103 Å². The Bertz CT molecular complexity index is 328. The van der Waals surface area contributed by atoms with Crippen LogP contribution in [0.5, 0.6) is 0 Å². The van der Waals surface area contributed by atoms with Gasteiger partial charge in [0.25, 0.3) is 0 Å². The fourth-order valence-electron chi connectivity index (χ4n) is 1.96. The quantitative estimate of drug-likeness (QED) is 0.749. The van der Waals surface area contributed by atoms with Crippen LogP contribution in [0.15, 0.2) is 23.3 Å². The van der Waals surface area contributed by atoms with Crippen LogP contribution in [0.3, 0.4) is 0 Å². The second-order valence-corrected chi connectivity index (χ2v) is 4.65. The molecule has 17 heavy (non-hydrogen) atoms. The summed E-state index contributed by atoms with van der Waals surface area (Å²) < 4.78 is 5.02. The standard InChI is InChI=1S/C14H22O3/c1-4-7-17-13(15)6-5-12-8-10(2)14(16)11(3)9-12/h8-10,14,16H,4-7H2,1-3H3. The molecule has 1 aliphatic carbocycles. The minimum absolute atomic E-state index is 0.127. The normalized spacial score (nSPS) is 24.0. The van der Waals surface area contributed by atoms with Crippen molar-refractivity contribution < 1.29 is 14.6 Å². The predicted molar refractivity (Wildman–Crippen MR) is 67.5 cm³/mol. The van der Waals surface area contributed by atoms with Crippen LogP contribution in [0, 0.1) is 5.92 Å². The fraction of sp³-hybridized carbons (Fsp3) is 0.643. The van der Waals surface area contributed by atoms with Gasteiger partial charge in [0.2, 0.25) is 0 Å². The first-order chi connectivity index (χ1) is 8.04. The van der Waals surface area contributed by atoms with Crippen LogP contribution in [0.4, 0.5) is 0 Å². The summed E-state index contributed by atoms with van der Waals surface area (Å²) >= 11 is 0. The average Bonchev–Trinajstić information content (AvgIpc) is 2.30. The number of aliphatic hydroxyl groups is 1. The molecule has 2 atom stereocenters. The first-order valence-corrected chi connectivity index (χ1v) is 6.27.